The molecule has 4 nitrogen and oxygen atoms in total. The summed E-state index contributed by atoms with van der Waals surface area (Å²) in [6.45, 7) is 0.400. The SMILES string of the molecule is N#C/C(=C\c1cccc(OCc2ccc(Br)cc2)c1)C(=O)Nc1c(Cl)cccc1Cl. The second-order valence-electron chi connectivity index (χ2n) is 6.21. The topological polar surface area (TPSA) is 62.1 Å². The van der Waals surface area contributed by atoms with Crippen molar-refractivity contribution in [2.24, 2.45) is 0 Å². The molecule has 3 rings (SSSR count). The van der Waals surface area contributed by atoms with Crippen molar-refractivity contribution in [2.75, 3.05) is 5.32 Å². The average Bonchev–Trinajstić information content (AvgIpc) is 2.74. The number of halogens is 3. The van der Waals surface area contributed by atoms with Crippen LogP contribution < -0.4 is 10.1 Å². The number of carbonyl (C=O) groups excluding carboxylic acids is 1. The van der Waals surface area contributed by atoms with E-state index in [-0.39, 0.29) is 21.3 Å². The second kappa shape index (κ2) is 10.3. The second-order valence-corrected chi connectivity index (χ2v) is 7.94. The van der Waals surface area contributed by atoms with Gasteiger partial charge >= 0.3 is 0 Å². The van der Waals surface area contributed by atoms with Crippen molar-refractivity contribution in [3.8, 4) is 11.8 Å². The van der Waals surface area contributed by atoms with Crippen LogP contribution in [0.2, 0.25) is 10.0 Å². The molecule has 150 valence electrons. The van der Waals surface area contributed by atoms with E-state index in [1.807, 2.05) is 36.4 Å². The summed E-state index contributed by atoms with van der Waals surface area (Å²) in [7, 11) is 0. The zero-order valence-electron chi connectivity index (χ0n) is 15.5. The quantitative estimate of drug-likeness (QED) is 0.295. The van der Waals surface area contributed by atoms with Gasteiger partial charge in [0.2, 0.25) is 0 Å². The Morgan fingerprint density at radius 1 is 1.07 bits per heavy atom. The van der Waals surface area contributed by atoms with Gasteiger partial charge < -0.3 is 10.1 Å². The van der Waals surface area contributed by atoms with Crippen LogP contribution in [0, 0.1) is 11.3 Å². The fourth-order valence-corrected chi connectivity index (χ4v) is 3.31. The summed E-state index contributed by atoms with van der Waals surface area (Å²) in [5.74, 6) is 0.0206. The minimum Gasteiger partial charge on any atom is -0.489 e. The maximum absolute atomic E-state index is 12.5. The molecule has 0 saturated carbocycles. The number of amides is 1. The lowest BCUT2D eigenvalue weighted by atomic mass is 10.1. The van der Waals surface area contributed by atoms with E-state index in [1.54, 1.807) is 36.4 Å². The first-order chi connectivity index (χ1) is 14.5. The highest BCUT2D eigenvalue weighted by molar-refractivity contribution is 9.10. The van der Waals surface area contributed by atoms with Gasteiger partial charge in [0, 0.05) is 4.47 Å². The van der Waals surface area contributed by atoms with Crippen LogP contribution in [0.15, 0.2) is 76.8 Å². The predicted octanol–water partition coefficient (Wildman–Crippen LogP) is 6.88. The molecule has 0 aliphatic heterocycles. The third-order valence-corrected chi connectivity index (χ3v) is 5.21. The van der Waals surface area contributed by atoms with E-state index >= 15 is 0 Å². The number of hydrogen-bond acceptors (Lipinski definition) is 3. The van der Waals surface area contributed by atoms with Crippen LogP contribution in [0.1, 0.15) is 11.1 Å². The Morgan fingerprint density at radius 2 is 1.73 bits per heavy atom. The monoisotopic (exact) mass is 500 g/mol. The summed E-state index contributed by atoms with van der Waals surface area (Å²) in [5.41, 5.74) is 1.85. The molecule has 0 spiro atoms. The predicted molar refractivity (Wildman–Crippen MR) is 124 cm³/mol. The smallest absolute Gasteiger partial charge is 0.266 e. The third-order valence-electron chi connectivity index (χ3n) is 4.05. The normalized spacial score (nSPS) is 10.9. The maximum atomic E-state index is 12.5. The van der Waals surface area contributed by atoms with Crippen LogP contribution in [-0.2, 0) is 11.4 Å². The van der Waals surface area contributed by atoms with Gasteiger partial charge in [0.1, 0.15) is 24.0 Å². The number of nitriles is 1. The van der Waals surface area contributed by atoms with Crippen LogP contribution in [0.3, 0.4) is 0 Å². The molecule has 0 atom stereocenters. The Labute approximate surface area is 192 Å². The molecule has 0 saturated heterocycles. The van der Waals surface area contributed by atoms with Crippen LogP contribution in [0.4, 0.5) is 5.69 Å². The van der Waals surface area contributed by atoms with Gasteiger partial charge in [-0.1, -0.05) is 69.5 Å². The van der Waals surface area contributed by atoms with Crippen LogP contribution in [0.25, 0.3) is 6.08 Å². The number of anilines is 1. The van der Waals surface area contributed by atoms with Crippen LogP contribution >= 0.6 is 39.1 Å². The Hall–Kier alpha value is -2.78. The first-order valence-corrected chi connectivity index (χ1v) is 10.4. The molecule has 3 aromatic carbocycles. The highest BCUT2D eigenvalue weighted by atomic mass is 79.9. The summed E-state index contributed by atoms with van der Waals surface area (Å²) >= 11 is 15.6. The van der Waals surface area contributed by atoms with Crippen molar-refractivity contribution < 1.29 is 9.53 Å². The van der Waals surface area contributed by atoms with Crippen molar-refractivity contribution >= 4 is 56.8 Å². The fraction of sp³-hybridized carbons (Fsp3) is 0.0435. The van der Waals surface area contributed by atoms with Crippen molar-refractivity contribution in [1.82, 2.24) is 0 Å². The van der Waals surface area contributed by atoms with E-state index in [4.69, 9.17) is 27.9 Å². The molecule has 0 unspecified atom stereocenters. The van der Waals surface area contributed by atoms with Crippen LogP contribution in [0.5, 0.6) is 5.75 Å². The van der Waals surface area contributed by atoms with Gasteiger partial charge in [-0.3, -0.25) is 4.79 Å². The number of carbonyl (C=O) groups is 1. The van der Waals surface area contributed by atoms with E-state index < -0.39 is 5.91 Å². The molecule has 0 radical (unpaired) electrons. The molecule has 0 bridgehead atoms. The number of rotatable bonds is 6. The lowest BCUT2D eigenvalue weighted by Crippen LogP contribution is -2.14. The summed E-state index contributed by atoms with van der Waals surface area (Å²) in [6, 6.07) is 21.7. The van der Waals surface area contributed by atoms with Crippen molar-refractivity contribution in [3.63, 3.8) is 0 Å². The number of benzene rings is 3. The van der Waals surface area contributed by atoms with Gasteiger partial charge in [-0.15, -0.1) is 0 Å². The number of hydrogen-bond donors (Lipinski definition) is 1. The van der Waals surface area contributed by atoms with E-state index in [2.05, 4.69) is 21.2 Å². The Kier molecular flexibility index (Phi) is 7.53. The first kappa shape index (κ1) is 21.9. The molecule has 1 amide bonds. The summed E-state index contributed by atoms with van der Waals surface area (Å²) < 4.78 is 6.81. The highest BCUT2D eigenvalue weighted by Crippen LogP contribution is 2.30. The Balaban J connectivity index is 1.74. The zero-order valence-corrected chi connectivity index (χ0v) is 18.6. The van der Waals surface area contributed by atoms with E-state index in [0.717, 1.165) is 10.0 Å². The number of ether oxygens (including phenoxy) is 1. The van der Waals surface area contributed by atoms with Crippen molar-refractivity contribution in [2.45, 2.75) is 6.61 Å². The van der Waals surface area contributed by atoms with E-state index in [1.165, 1.54) is 6.08 Å². The van der Waals surface area contributed by atoms with Crippen LogP contribution in [-0.4, -0.2) is 5.91 Å². The van der Waals surface area contributed by atoms with Gasteiger partial charge in [0.25, 0.3) is 5.91 Å². The molecule has 0 heterocycles. The van der Waals surface area contributed by atoms with Gasteiger partial charge in [0.05, 0.1) is 15.7 Å². The molecule has 0 aromatic heterocycles. The molecular weight excluding hydrogens is 487 g/mol. The molecule has 3 aromatic rings. The summed E-state index contributed by atoms with van der Waals surface area (Å²) in [4.78, 5) is 12.5. The lowest BCUT2D eigenvalue weighted by Gasteiger charge is -2.09. The molecular formula is C23H15BrCl2N2O2. The van der Waals surface area contributed by atoms with E-state index in [9.17, 15) is 10.1 Å². The third kappa shape index (κ3) is 5.87. The molecule has 0 fully saturated rings. The van der Waals surface area contributed by atoms with E-state index in [0.29, 0.717) is 17.9 Å². The largest absolute Gasteiger partial charge is 0.489 e. The fourth-order valence-electron chi connectivity index (χ4n) is 2.55. The minimum absolute atomic E-state index is 0.0870. The van der Waals surface area contributed by atoms with Gasteiger partial charge in [0.15, 0.2) is 0 Å². The van der Waals surface area contributed by atoms with Gasteiger partial charge in [-0.2, -0.15) is 5.26 Å². The molecule has 30 heavy (non-hydrogen) atoms. The molecule has 0 aliphatic rings. The first-order valence-electron chi connectivity index (χ1n) is 8.81. The molecule has 0 aliphatic carbocycles. The minimum atomic E-state index is -0.603. The standard InChI is InChI=1S/C23H15BrCl2N2O2/c24-18-9-7-15(8-10-18)14-30-19-4-1-3-16(12-19)11-17(13-27)23(29)28-22-20(25)5-2-6-21(22)26/h1-12H,14H2,(H,28,29)/b17-11+. The Bertz CT molecular complexity index is 1120. The summed E-state index contributed by atoms with van der Waals surface area (Å²) in [6.07, 6.45) is 1.48. The lowest BCUT2D eigenvalue weighted by molar-refractivity contribution is -0.112. The zero-order chi connectivity index (χ0) is 21.5. The van der Waals surface area contributed by atoms with Gasteiger partial charge in [-0.25, -0.2) is 0 Å². The van der Waals surface area contributed by atoms with Crippen molar-refractivity contribution in [3.05, 3.63) is 97.9 Å². The number of nitrogens with one attached hydrogen (secondary N) is 1. The highest BCUT2D eigenvalue weighted by Gasteiger charge is 2.14. The van der Waals surface area contributed by atoms with Crippen molar-refractivity contribution in [1.29, 1.82) is 5.26 Å². The molecule has 7 heteroatoms. The molecule has 1 N–H and O–H groups in total. The summed E-state index contributed by atoms with van der Waals surface area (Å²) in [5, 5.41) is 12.6. The number of para-hydroxylation sites is 1. The number of nitrogens with zero attached hydrogens (tertiary/aromatic N) is 1. The van der Waals surface area contributed by atoms with Gasteiger partial charge in [-0.05, 0) is 53.6 Å². The maximum Gasteiger partial charge on any atom is 0.266 e. The average molecular weight is 502 g/mol. The Morgan fingerprint density at radius 3 is 2.40 bits per heavy atom.